The third-order valence-corrected chi connectivity index (χ3v) is 3.87. The molecule has 0 bridgehead atoms. The van der Waals surface area contributed by atoms with Crippen LogP contribution in [0.4, 0.5) is 28.4 Å². The third kappa shape index (κ3) is 4.21. The summed E-state index contributed by atoms with van der Waals surface area (Å²) in [5.74, 6) is 0. The lowest BCUT2D eigenvalue weighted by atomic mass is 10.0. The molecule has 0 radical (unpaired) electrons. The summed E-state index contributed by atoms with van der Waals surface area (Å²) in [6.07, 6.45) is 0. The van der Waals surface area contributed by atoms with Crippen LogP contribution in [0, 0.1) is 20.2 Å². The fraction of sp³-hybridized carbons (Fsp3) is 0. The molecule has 11 nitrogen and oxygen atoms in total. The SMILES string of the molecule is [N-]=[N+]=Nc1c(N=Nc2ccccc2)ccc([N+](=O)[O-])c1-c1ccc([N+](=O)[O-])cc1. The molecule has 3 aromatic carbocycles. The second-order valence-electron chi connectivity index (χ2n) is 5.61. The molecule has 0 heterocycles. The summed E-state index contributed by atoms with van der Waals surface area (Å²) < 4.78 is 0. The Morgan fingerprint density at radius 1 is 0.828 bits per heavy atom. The van der Waals surface area contributed by atoms with Crippen LogP contribution in [-0.2, 0) is 0 Å². The number of nitro benzene ring substituents is 2. The first-order valence-corrected chi connectivity index (χ1v) is 8.09. The van der Waals surface area contributed by atoms with Gasteiger partial charge in [0.15, 0.2) is 0 Å². The van der Waals surface area contributed by atoms with E-state index in [0.717, 1.165) is 0 Å². The van der Waals surface area contributed by atoms with Gasteiger partial charge in [0.1, 0.15) is 0 Å². The summed E-state index contributed by atoms with van der Waals surface area (Å²) in [5.41, 5.74) is 9.27. The fourth-order valence-electron chi connectivity index (χ4n) is 2.59. The van der Waals surface area contributed by atoms with Gasteiger partial charge in [-0.25, -0.2) is 0 Å². The van der Waals surface area contributed by atoms with Crippen molar-refractivity contribution in [3.05, 3.63) is 97.4 Å². The van der Waals surface area contributed by atoms with E-state index < -0.39 is 9.85 Å². The molecule has 0 fully saturated rings. The Bertz CT molecular complexity index is 1150. The zero-order chi connectivity index (χ0) is 20.8. The van der Waals surface area contributed by atoms with E-state index in [-0.39, 0.29) is 33.9 Å². The van der Waals surface area contributed by atoms with Crippen LogP contribution in [0.2, 0.25) is 0 Å². The van der Waals surface area contributed by atoms with E-state index in [1.54, 1.807) is 24.3 Å². The number of benzene rings is 3. The van der Waals surface area contributed by atoms with Gasteiger partial charge in [-0.15, -0.1) is 0 Å². The molecule has 0 aromatic heterocycles. The number of non-ortho nitro benzene ring substituents is 1. The molecule has 29 heavy (non-hydrogen) atoms. The lowest BCUT2D eigenvalue weighted by Crippen LogP contribution is -1.93. The average molecular weight is 389 g/mol. The Morgan fingerprint density at radius 3 is 2.10 bits per heavy atom. The van der Waals surface area contributed by atoms with E-state index >= 15 is 0 Å². The first kappa shape index (κ1) is 19.1. The first-order valence-electron chi connectivity index (χ1n) is 8.09. The van der Waals surface area contributed by atoms with Crippen LogP contribution >= 0.6 is 0 Å². The van der Waals surface area contributed by atoms with Crippen molar-refractivity contribution in [3.63, 3.8) is 0 Å². The van der Waals surface area contributed by atoms with E-state index in [4.69, 9.17) is 5.53 Å². The van der Waals surface area contributed by atoms with Crippen molar-refractivity contribution in [1.29, 1.82) is 0 Å². The summed E-state index contributed by atoms with van der Waals surface area (Å²) >= 11 is 0. The van der Waals surface area contributed by atoms with Gasteiger partial charge in [-0.2, -0.15) is 10.2 Å². The smallest absolute Gasteiger partial charge is 0.258 e. The van der Waals surface area contributed by atoms with Crippen LogP contribution in [0.3, 0.4) is 0 Å². The average Bonchev–Trinajstić information content (AvgIpc) is 2.73. The highest BCUT2D eigenvalue weighted by atomic mass is 16.6. The first-order chi connectivity index (χ1) is 14.0. The van der Waals surface area contributed by atoms with E-state index in [2.05, 4.69) is 20.3 Å². The minimum Gasteiger partial charge on any atom is -0.258 e. The summed E-state index contributed by atoms with van der Waals surface area (Å²) in [6.45, 7) is 0. The van der Waals surface area contributed by atoms with Gasteiger partial charge < -0.3 is 0 Å². The molecular formula is C18H11N7O4. The lowest BCUT2D eigenvalue weighted by molar-refractivity contribution is -0.385. The van der Waals surface area contributed by atoms with Crippen LogP contribution in [0.5, 0.6) is 0 Å². The maximum absolute atomic E-state index is 11.5. The van der Waals surface area contributed by atoms with Crippen LogP contribution in [0.15, 0.2) is 82.1 Å². The topological polar surface area (TPSA) is 160 Å². The molecule has 142 valence electrons. The molecule has 0 spiro atoms. The van der Waals surface area contributed by atoms with Crippen molar-refractivity contribution in [1.82, 2.24) is 0 Å². The Balaban J connectivity index is 2.21. The van der Waals surface area contributed by atoms with E-state index in [1.165, 1.54) is 36.4 Å². The zero-order valence-corrected chi connectivity index (χ0v) is 14.6. The van der Waals surface area contributed by atoms with Crippen molar-refractivity contribution in [2.75, 3.05) is 0 Å². The normalized spacial score (nSPS) is 10.5. The lowest BCUT2D eigenvalue weighted by Gasteiger charge is -2.09. The molecule has 0 saturated heterocycles. The molecule has 0 unspecified atom stereocenters. The number of nitro groups is 2. The van der Waals surface area contributed by atoms with Gasteiger partial charge in [0, 0.05) is 23.1 Å². The number of rotatable bonds is 6. The molecule has 0 aliphatic heterocycles. The van der Waals surface area contributed by atoms with Crippen molar-refractivity contribution < 1.29 is 9.85 Å². The van der Waals surface area contributed by atoms with Crippen molar-refractivity contribution in [2.45, 2.75) is 0 Å². The summed E-state index contributed by atoms with van der Waals surface area (Å²) in [7, 11) is 0. The standard InChI is InChI=1S/C18H11N7O4/c19-23-22-18-15(21-20-13-4-2-1-3-5-13)10-11-16(25(28)29)17(18)12-6-8-14(9-7-12)24(26)27/h1-11H. The van der Waals surface area contributed by atoms with E-state index in [9.17, 15) is 20.2 Å². The zero-order valence-electron chi connectivity index (χ0n) is 14.6. The maximum atomic E-state index is 11.5. The molecule has 3 aromatic rings. The predicted molar refractivity (Wildman–Crippen MR) is 105 cm³/mol. The number of hydrogen-bond acceptors (Lipinski definition) is 7. The Kier molecular flexibility index (Phi) is 5.53. The molecule has 0 atom stereocenters. The van der Waals surface area contributed by atoms with Crippen molar-refractivity contribution in [3.8, 4) is 11.1 Å². The molecule has 0 aliphatic carbocycles. The van der Waals surface area contributed by atoms with Crippen LogP contribution in [0.25, 0.3) is 21.6 Å². The van der Waals surface area contributed by atoms with Gasteiger partial charge in [-0.05, 0) is 41.4 Å². The Morgan fingerprint density at radius 2 is 1.52 bits per heavy atom. The Labute approximate surface area is 162 Å². The molecule has 3 rings (SSSR count). The van der Waals surface area contributed by atoms with Crippen molar-refractivity contribution in [2.24, 2.45) is 15.3 Å². The molecule has 11 heteroatoms. The fourth-order valence-corrected chi connectivity index (χ4v) is 2.59. The second-order valence-corrected chi connectivity index (χ2v) is 5.61. The monoisotopic (exact) mass is 389 g/mol. The summed E-state index contributed by atoms with van der Waals surface area (Å²) in [5, 5.41) is 34.1. The van der Waals surface area contributed by atoms with Crippen LogP contribution < -0.4 is 0 Å². The number of nitrogens with zero attached hydrogens (tertiary/aromatic N) is 7. The minimum atomic E-state index is -0.634. The molecule has 0 amide bonds. The highest BCUT2D eigenvalue weighted by Crippen LogP contribution is 2.45. The number of hydrogen-bond donors (Lipinski definition) is 0. The molecule has 0 aliphatic rings. The summed E-state index contributed by atoms with van der Waals surface area (Å²) in [6, 6.07) is 16.4. The van der Waals surface area contributed by atoms with Crippen LogP contribution in [0.1, 0.15) is 0 Å². The van der Waals surface area contributed by atoms with Gasteiger partial charge in [-0.1, -0.05) is 23.3 Å². The molecular weight excluding hydrogens is 378 g/mol. The van der Waals surface area contributed by atoms with Gasteiger partial charge in [0.25, 0.3) is 11.4 Å². The minimum absolute atomic E-state index is 0.00721. The third-order valence-electron chi connectivity index (χ3n) is 3.87. The predicted octanol–water partition coefficient (Wildman–Crippen LogP) is 6.53. The van der Waals surface area contributed by atoms with Gasteiger partial charge in [-0.3, -0.25) is 20.2 Å². The highest BCUT2D eigenvalue weighted by Gasteiger charge is 2.22. The quantitative estimate of drug-likeness (QED) is 0.154. The Hall–Kier alpha value is -4.63. The highest BCUT2D eigenvalue weighted by molar-refractivity contribution is 5.90. The van der Waals surface area contributed by atoms with Gasteiger partial charge in [0.2, 0.25) is 0 Å². The molecule has 0 N–H and O–H groups in total. The number of azide groups is 1. The largest absolute Gasteiger partial charge is 0.277 e. The summed E-state index contributed by atoms with van der Waals surface area (Å²) in [4.78, 5) is 23.9. The second kappa shape index (κ2) is 8.37. The van der Waals surface area contributed by atoms with E-state index in [0.29, 0.717) is 5.69 Å². The van der Waals surface area contributed by atoms with Crippen molar-refractivity contribution >= 4 is 28.4 Å². The van der Waals surface area contributed by atoms with Crippen LogP contribution in [-0.4, -0.2) is 9.85 Å². The van der Waals surface area contributed by atoms with Gasteiger partial charge in [0.05, 0.1) is 32.5 Å². The maximum Gasteiger partial charge on any atom is 0.277 e. The number of azo groups is 1. The van der Waals surface area contributed by atoms with Gasteiger partial charge >= 0.3 is 0 Å². The molecule has 0 saturated carbocycles. The van der Waals surface area contributed by atoms with E-state index in [1.807, 2.05) is 6.07 Å².